The van der Waals surface area contributed by atoms with E-state index in [1.807, 2.05) is 73.7 Å². The van der Waals surface area contributed by atoms with Gasteiger partial charge in [0.2, 0.25) is 11.6 Å². The highest BCUT2D eigenvalue weighted by Crippen LogP contribution is 2.25. The predicted octanol–water partition coefficient (Wildman–Crippen LogP) is 3.22. The van der Waals surface area contributed by atoms with Crippen LogP contribution in [-0.4, -0.2) is 16.9 Å². The summed E-state index contributed by atoms with van der Waals surface area (Å²) in [5.74, 6) is -0.716. The summed E-state index contributed by atoms with van der Waals surface area (Å²) in [5, 5.41) is 21.0. The third kappa shape index (κ3) is 3.70. The Balaban J connectivity index is 1.50. The first-order valence-electron chi connectivity index (χ1n) is 8.68. The molecule has 0 aliphatic carbocycles. The maximum atomic E-state index is 12.5. The molecule has 0 aliphatic heterocycles. The second-order valence-corrected chi connectivity index (χ2v) is 7.24. The molecule has 0 saturated heterocycles. The summed E-state index contributed by atoms with van der Waals surface area (Å²) in [4.78, 5) is 12.5. The van der Waals surface area contributed by atoms with Crippen molar-refractivity contribution < 1.29 is 19.1 Å². The van der Waals surface area contributed by atoms with E-state index in [0.717, 1.165) is 33.8 Å². The van der Waals surface area contributed by atoms with E-state index < -0.39 is 5.95 Å². The highest BCUT2D eigenvalue weighted by molar-refractivity contribution is 7.99. The quantitative estimate of drug-likeness (QED) is 0.417. The zero-order valence-corrected chi connectivity index (χ0v) is 15.9. The molecule has 1 heterocycles. The van der Waals surface area contributed by atoms with E-state index in [1.54, 1.807) is 0 Å². The third-order valence-corrected chi connectivity index (χ3v) is 5.27. The van der Waals surface area contributed by atoms with E-state index in [-0.39, 0.29) is 16.7 Å². The molecule has 3 aromatic carbocycles. The minimum absolute atomic E-state index is 0.0610. The molecule has 0 atom stereocenters. The molecular weight excluding hydrogens is 374 g/mol. The molecule has 0 fully saturated rings. The van der Waals surface area contributed by atoms with Crippen LogP contribution >= 0.6 is 11.8 Å². The van der Waals surface area contributed by atoms with Crippen LogP contribution in [0.5, 0.6) is 5.95 Å². The average Bonchev–Trinajstić information content (AvgIpc) is 3.08. The van der Waals surface area contributed by atoms with Gasteiger partial charge in [0.1, 0.15) is 0 Å². The number of benzene rings is 3. The normalized spacial score (nSPS) is 10.9. The van der Waals surface area contributed by atoms with Crippen molar-refractivity contribution in [3.8, 4) is 11.6 Å². The fourth-order valence-corrected chi connectivity index (χ4v) is 3.62. The van der Waals surface area contributed by atoms with E-state index >= 15 is 0 Å². The van der Waals surface area contributed by atoms with Gasteiger partial charge in [-0.05, 0) is 34.8 Å². The lowest BCUT2D eigenvalue weighted by atomic mass is 10.1. The first-order chi connectivity index (χ1) is 13.6. The summed E-state index contributed by atoms with van der Waals surface area (Å²) in [6.45, 7) is 1.98. The highest BCUT2D eigenvalue weighted by Gasteiger charge is 2.22. The second-order valence-electron chi connectivity index (χ2n) is 6.28. The van der Waals surface area contributed by atoms with Crippen molar-refractivity contribution in [3.63, 3.8) is 0 Å². The molecule has 1 aromatic heterocycles. The number of amides is 1. The Hall–Kier alpha value is -3.32. The monoisotopic (exact) mass is 391 g/mol. The fourth-order valence-electron chi connectivity index (χ4n) is 2.87. The summed E-state index contributed by atoms with van der Waals surface area (Å²) >= 11 is 1.09. The van der Waals surface area contributed by atoms with Gasteiger partial charge in [0.15, 0.2) is 5.95 Å². The van der Waals surface area contributed by atoms with Gasteiger partial charge in [0.25, 0.3) is 5.03 Å². The Kier molecular flexibility index (Phi) is 4.99. The number of carbonyl (C=O) groups is 1. The maximum Gasteiger partial charge on any atom is 0.298 e. The van der Waals surface area contributed by atoms with Crippen molar-refractivity contribution in [2.45, 2.75) is 11.9 Å². The standard InChI is InChI=1S/C21H17N3O3S/c1-14-9-11-16(12-10-14)24-20(21(26)27-23-24)28-13-19(25)22-18-8-4-6-15-5-2-3-7-17(15)18/h2-12H,13H2,1H3,(H-,22,23,25,26). The number of carbonyl (C=O) groups excluding carboxylic acids is 1. The molecule has 28 heavy (non-hydrogen) atoms. The summed E-state index contributed by atoms with van der Waals surface area (Å²) in [6.07, 6.45) is 0. The molecule has 0 spiro atoms. The first kappa shape index (κ1) is 18.1. The minimum atomic E-state index is -0.566. The van der Waals surface area contributed by atoms with Crippen LogP contribution in [0.2, 0.25) is 0 Å². The summed E-state index contributed by atoms with van der Waals surface area (Å²) < 4.78 is 6.21. The molecule has 0 bridgehead atoms. The molecule has 1 amide bonds. The van der Waals surface area contributed by atoms with Gasteiger partial charge in [-0.2, -0.15) is 0 Å². The minimum Gasteiger partial charge on any atom is -0.538 e. The Bertz CT molecular complexity index is 1130. The van der Waals surface area contributed by atoms with Crippen molar-refractivity contribution >= 4 is 34.1 Å². The predicted molar refractivity (Wildman–Crippen MR) is 106 cm³/mol. The Morgan fingerprint density at radius 2 is 1.86 bits per heavy atom. The average molecular weight is 391 g/mol. The summed E-state index contributed by atoms with van der Waals surface area (Å²) in [7, 11) is 0. The topological polar surface area (TPSA) is 82.1 Å². The van der Waals surface area contributed by atoms with E-state index in [1.165, 1.54) is 4.68 Å². The molecule has 0 unspecified atom stereocenters. The van der Waals surface area contributed by atoms with Gasteiger partial charge in [0.05, 0.1) is 11.0 Å². The summed E-state index contributed by atoms with van der Waals surface area (Å²) in [6, 6.07) is 21.1. The van der Waals surface area contributed by atoms with Crippen molar-refractivity contribution in [1.29, 1.82) is 0 Å². The second kappa shape index (κ2) is 7.74. The maximum absolute atomic E-state index is 12.5. The molecule has 4 rings (SSSR count). The number of nitrogens with one attached hydrogen (secondary N) is 1. The van der Waals surface area contributed by atoms with Gasteiger partial charge in [-0.3, -0.25) is 4.79 Å². The molecule has 7 heteroatoms. The van der Waals surface area contributed by atoms with E-state index in [4.69, 9.17) is 4.52 Å². The number of aryl methyl sites for hydroxylation is 1. The number of hydrogen-bond donors (Lipinski definition) is 1. The number of aromatic nitrogens is 2. The van der Waals surface area contributed by atoms with Crippen molar-refractivity contribution in [2.75, 3.05) is 11.1 Å². The van der Waals surface area contributed by atoms with Gasteiger partial charge in [-0.1, -0.05) is 54.1 Å². The lowest BCUT2D eigenvalue weighted by Gasteiger charge is -2.08. The number of fused-ring (bicyclic) bond motifs is 1. The largest absolute Gasteiger partial charge is 0.538 e. The SMILES string of the molecule is Cc1ccc(-[n+]2noc([O-])c2SCC(=O)Nc2cccc3ccccc23)cc1. The molecule has 6 nitrogen and oxygen atoms in total. The summed E-state index contributed by atoms with van der Waals surface area (Å²) in [5.41, 5.74) is 2.54. The Labute approximate surface area is 165 Å². The Morgan fingerprint density at radius 3 is 2.68 bits per heavy atom. The number of rotatable bonds is 5. The van der Waals surface area contributed by atoms with E-state index in [0.29, 0.717) is 5.69 Å². The number of thioether (sulfide) groups is 1. The lowest BCUT2D eigenvalue weighted by molar-refractivity contribution is -0.705. The van der Waals surface area contributed by atoms with Crippen LogP contribution in [0.1, 0.15) is 5.56 Å². The van der Waals surface area contributed by atoms with Gasteiger partial charge in [-0.25, -0.2) is 0 Å². The van der Waals surface area contributed by atoms with Crippen LogP contribution in [0, 0.1) is 6.92 Å². The van der Waals surface area contributed by atoms with E-state index in [9.17, 15) is 9.90 Å². The van der Waals surface area contributed by atoms with Crippen molar-refractivity contribution in [1.82, 2.24) is 5.27 Å². The van der Waals surface area contributed by atoms with E-state index in [2.05, 4.69) is 10.6 Å². The lowest BCUT2D eigenvalue weighted by Crippen LogP contribution is -2.35. The van der Waals surface area contributed by atoms with Crippen molar-refractivity contribution in [2.24, 2.45) is 0 Å². The van der Waals surface area contributed by atoms with Crippen LogP contribution in [0.25, 0.3) is 16.5 Å². The number of nitrogens with zero attached hydrogens (tertiary/aromatic N) is 2. The van der Waals surface area contributed by atoms with Crippen LogP contribution in [0.15, 0.2) is 76.3 Å². The molecule has 0 aliphatic rings. The van der Waals surface area contributed by atoms with Crippen molar-refractivity contribution in [3.05, 3.63) is 72.3 Å². The van der Waals surface area contributed by atoms with Gasteiger partial charge >= 0.3 is 0 Å². The molecule has 0 radical (unpaired) electrons. The number of hydrogen-bond acceptors (Lipinski definition) is 5. The van der Waals surface area contributed by atoms with Gasteiger partial charge in [0, 0.05) is 23.2 Å². The molecule has 0 saturated carbocycles. The smallest absolute Gasteiger partial charge is 0.298 e. The molecular formula is C21H17N3O3S. The fraction of sp³-hybridized carbons (Fsp3) is 0.0952. The molecule has 4 aromatic rings. The van der Waals surface area contributed by atoms with Crippen LogP contribution < -0.4 is 15.1 Å². The zero-order chi connectivity index (χ0) is 19.5. The molecule has 140 valence electrons. The van der Waals surface area contributed by atoms with Crippen LogP contribution in [0.4, 0.5) is 5.69 Å². The third-order valence-electron chi connectivity index (χ3n) is 4.25. The van der Waals surface area contributed by atoms with Crippen LogP contribution in [0.3, 0.4) is 0 Å². The van der Waals surface area contributed by atoms with Gasteiger partial charge in [-0.15, -0.1) is 0 Å². The van der Waals surface area contributed by atoms with Crippen LogP contribution in [-0.2, 0) is 4.79 Å². The molecule has 1 N–H and O–H groups in total. The number of anilines is 1. The zero-order valence-electron chi connectivity index (χ0n) is 15.1. The first-order valence-corrected chi connectivity index (χ1v) is 9.67. The van der Waals surface area contributed by atoms with Gasteiger partial charge < -0.3 is 14.9 Å². The Morgan fingerprint density at radius 1 is 1.11 bits per heavy atom. The highest BCUT2D eigenvalue weighted by atomic mass is 32.2.